The summed E-state index contributed by atoms with van der Waals surface area (Å²) in [5.41, 5.74) is 5.37. The van der Waals surface area contributed by atoms with Crippen LogP contribution in [0.2, 0.25) is 0 Å². The maximum atomic E-state index is 5.82. The van der Waals surface area contributed by atoms with Gasteiger partial charge in [0.05, 0.1) is 12.2 Å². The average Bonchev–Trinajstić information content (AvgIpc) is 3.19. The van der Waals surface area contributed by atoms with Crippen LogP contribution in [-0.4, -0.2) is 29.1 Å². The molecular formula is C22H21N3O2. The molecular weight excluding hydrogens is 338 g/mol. The summed E-state index contributed by atoms with van der Waals surface area (Å²) in [7, 11) is 0. The zero-order valence-corrected chi connectivity index (χ0v) is 15.4. The fraction of sp³-hybridized carbons (Fsp3) is 0.227. The van der Waals surface area contributed by atoms with Crippen molar-refractivity contribution < 1.29 is 9.47 Å². The molecule has 0 spiro atoms. The fourth-order valence-electron chi connectivity index (χ4n) is 3.06. The lowest BCUT2D eigenvalue weighted by atomic mass is 10.0. The van der Waals surface area contributed by atoms with Crippen LogP contribution in [-0.2, 0) is 4.74 Å². The van der Waals surface area contributed by atoms with Crippen LogP contribution < -0.4 is 4.74 Å². The minimum Gasteiger partial charge on any atom is -0.478 e. The first-order valence-corrected chi connectivity index (χ1v) is 9.05. The number of aliphatic imine (C=N–C) groups is 1. The van der Waals surface area contributed by atoms with Gasteiger partial charge in [-0.25, -0.2) is 9.98 Å². The highest BCUT2D eigenvalue weighted by atomic mass is 16.5. The number of aryl methyl sites for hydroxylation is 1. The van der Waals surface area contributed by atoms with Gasteiger partial charge >= 0.3 is 0 Å². The minimum atomic E-state index is 0.00658. The molecule has 2 aromatic heterocycles. The van der Waals surface area contributed by atoms with E-state index in [0.717, 1.165) is 27.8 Å². The van der Waals surface area contributed by atoms with Crippen LogP contribution in [0.5, 0.6) is 5.88 Å². The van der Waals surface area contributed by atoms with E-state index >= 15 is 0 Å². The molecule has 1 aromatic carbocycles. The van der Waals surface area contributed by atoms with Crippen molar-refractivity contribution in [1.29, 1.82) is 0 Å². The third kappa shape index (κ3) is 3.67. The van der Waals surface area contributed by atoms with E-state index in [2.05, 4.69) is 34.2 Å². The van der Waals surface area contributed by atoms with Crippen LogP contribution >= 0.6 is 0 Å². The van der Waals surface area contributed by atoms with E-state index in [9.17, 15) is 0 Å². The molecule has 136 valence electrons. The Bertz CT molecular complexity index is 950. The van der Waals surface area contributed by atoms with Crippen LogP contribution in [0, 0.1) is 6.92 Å². The predicted molar refractivity (Wildman–Crippen MR) is 105 cm³/mol. The van der Waals surface area contributed by atoms with Gasteiger partial charge in [-0.1, -0.05) is 24.3 Å². The molecule has 3 heterocycles. The monoisotopic (exact) mass is 359 g/mol. The first kappa shape index (κ1) is 17.2. The highest BCUT2D eigenvalue weighted by molar-refractivity contribution is 5.96. The number of pyridine rings is 2. The molecule has 4 rings (SSSR count). The standard InChI is InChI=1S/C22H21N3O2/c1-3-26-21-9-8-18(12-24-21)16-4-6-17(7-5-16)20-14-27-22(25-20)19-13-23-11-10-15(19)2/h4-13,20H,3,14H2,1-2H3. The molecule has 0 aliphatic carbocycles. The Kier molecular flexibility index (Phi) is 4.83. The van der Waals surface area contributed by atoms with Crippen molar-refractivity contribution in [3.63, 3.8) is 0 Å². The summed E-state index contributed by atoms with van der Waals surface area (Å²) in [5, 5.41) is 0. The molecule has 5 nitrogen and oxygen atoms in total. The summed E-state index contributed by atoms with van der Waals surface area (Å²) in [6.07, 6.45) is 5.42. The number of benzene rings is 1. The normalized spacial score (nSPS) is 15.9. The number of hydrogen-bond acceptors (Lipinski definition) is 5. The van der Waals surface area contributed by atoms with Crippen molar-refractivity contribution in [2.75, 3.05) is 13.2 Å². The van der Waals surface area contributed by atoms with Crippen LogP contribution in [0.15, 0.2) is 66.0 Å². The Hall–Kier alpha value is -3.21. The Morgan fingerprint density at radius 2 is 1.85 bits per heavy atom. The molecule has 0 amide bonds. The zero-order chi connectivity index (χ0) is 18.6. The largest absolute Gasteiger partial charge is 0.478 e. The Morgan fingerprint density at radius 3 is 2.56 bits per heavy atom. The van der Waals surface area contributed by atoms with E-state index in [0.29, 0.717) is 25.0 Å². The third-order valence-corrected chi connectivity index (χ3v) is 4.58. The van der Waals surface area contributed by atoms with Crippen molar-refractivity contribution in [1.82, 2.24) is 9.97 Å². The van der Waals surface area contributed by atoms with Crippen LogP contribution in [0.25, 0.3) is 11.1 Å². The van der Waals surface area contributed by atoms with Gasteiger partial charge in [0.25, 0.3) is 0 Å². The molecule has 3 aromatic rings. The number of nitrogens with zero attached hydrogens (tertiary/aromatic N) is 3. The summed E-state index contributed by atoms with van der Waals surface area (Å²) in [5.74, 6) is 1.32. The molecule has 0 radical (unpaired) electrons. The number of aromatic nitrogens is 2. The summed E-state index contributed by atoms with van der Waals surface area (Å²) >= 11 is 0. The highest BCUT2D eigenvalue weighted by Gasteiger charge is 2.22. The molecule has 1 aliphatic heterocycles. The molecule has 0 N–H and O–H groups in total. The minimum absolute atomic E-state index is 0.00658. The number of hydrogen-bond donors (Lipinski definition) is 0. The molecule has 1 unspecified atom stereocenters. The summed E-state index contributed by atoms with van der Waals surface area (Å²) < 4.78 is 11.2. The SMILES string of the molecule is CCOc1ccc(-c2ccc(C3COC(c4cnccc4C)=N3)cc2)cn1. The van der Waals surface area contributed by atoms with Gasteiger partial charge in [0.15, 0.2) is 0 Å². The highest BCUT2D eigenvalue weighted by Crippen LogP contribution is 2.28. The van der Waals surface area contributed by atoms with Gasteiger partial charge in [-0.05, 0) is 42.7 Å². The van der Waals surface area contributed by atoms with Crippen molar-refractivity contribution >= 4 is 5.90 Å². The Labute approximate surface area is 158 Å². The van der Waals surface area contributed by atoms with E-state index in [1.165, 1.54) is 0 Å². The molecule has 5 heteroatoms. The van der Waals surface area contributed by atoms with Crippen molar-refractivity contribution in [2.24, 2.45) is 4.99 Å². The second-order valence-electron chi connectivity index (χ2n) is 6.39. The van der Waals surface area contributed by atoms with Crippen molar-refractivity contribution in [3.05, 3.63) is 77.7 Å². The first-order chi connectivity index (χ1) is 13.2. The second-order valence-corrected chi connectivity index (χ2v) is 6.39. The number of ether oxygens (including phenoxy) is 2. The van der Waals surface area contributed by atoms with Crippen LogP contribution in [0.3, 0.4) is 0 Å². The van der Waals surface area contributed by atoms with Crippen LogP contribution in [0.1, 0.15) is 29.7 Å². The van der Waals surface area contributed by atoms with E-state index < -0.39 is 0 Å². The van der Waals surface area contributed by atoms with Gasteiger partial charge in [-0.15, -0.1) is 0 Å². The average molecular weight is 359 g/mol. The second kappa shape index (κ2) is 7.58. The third-order valence-electron chi connectivity index (χ3n) is 4.58. The maximum absolute atomic E-state index is 5.82. The molecule has 27 heavy (non-hydrogen) atoms. The van der Waals surface area contributed by atoms with Gasteiger partial charge in [0.1, 0.15) is 12.6 Å². The molecule has 0 saturated carbocycles. The van der Waals surface area contributed by atoms with E-state index in [-0.39, 0.29) is 6.04 Å². The molecule has 1 aliphatic rings. The van der Waals surface area contributed by atoms with E-state index in [1.807, 2.05) is 38.2 Å². The van der Waals surface area contributed by atoms with E-state index in [4.69, 9.17) is 14.5 Å². The molecule has 0 bridgehead atoms. The van der Waals surface area contributed by atoms with Crippen LogP contribution in [0.4, 0.5) is 0 Å². The van der Waals surface area contributed by atoms with Crippen molar-refractivity contribution in [3.8, 4) is 17.0 Å². The molecule has 1 atom stereocenters. The lowest BCUT2D eigenvalue weighted by Crippen LogP contribution is -2.04. The Balaban J connectivity index is 1.52. The van der Waals surface area contributed by atoms with Gasteiger partial charge < -0.3 is 9.47 Å². The van der Waals surface area contributed by atoms with E-state index in [1.54, 1.807) is 12.4 Å². The predicted octanol–water partition coefficient (Wildman–Crippen LogP) is 4.37. The summed E-state index contributed by atoms with van der Waals surface area (Å²) in [6.45, 7) is 5.15. The quantitative estimate of drug-likeness (QED) is 0.679. The topological polar surface area (TPSA) is 56.6 Å². The fourth-order valence-corrected chi connectivity index (χ4v) is 3.06. The summed E-state index contributed by atoms with van der Waals surface area (Å²) in [4.78, 5) is 13.3. The van der Waals surface area contributed by atoms with Gasteiger partial charge in [0, 0.05) is 30.2 Å². The maximum Gasteiger partial charge on any atom is 0.218 e. The lowest BCUT2D eigenvalue weighted by Gasteiger charge is -2.08. The number of rotatable bonds is 5. The summed E-state index contributed by atoms with van der Waals surface area (Å²) in [6, 6.07) is 14.3. The zero-order valence-electron chi connectivity index (χ0n) is 15.4. The van der Waals surface area contributed by atoms with Gasteiger partial charge in [0.2, 0.25) is 11.8 Å². The lowest BCUT2D eigenvalue weighted by molar-refractivity contribution is 0.319. The first-order valence-electron chi connectivity index (χ1n) is 9.05. The van der Waals surface area contributed by atoms with Crippen molar-refractivity contribution in [2.45, 2.75) is 19.9 Å². The Morgan fingerprint density at radius 1 is 1.04 bits per heavy atom. The van der Waals surface area contributed by atoms with Gasteiger partial charge in [-0.3, -0.25) is 4.98 Å². The molecule has 0 saturated heterocycles. The van der Waals surface area contributed by atoms with Gasteiger partial charge in [-0.2, -0.15) is 0 Å². The molecule has 0 fully saturated rings. The smallest absolute Gasteiger partial charge is 0.218 e.